The first-order chi connectivity index (χ1) is 5.89. The molecule has 0 aromatic heterocycles. The van der Waals surface area contributed by atoms with Crippen molar-refractivity contribution in [1.29, 1.82) is 0 Å². The smallest absolute Gasteiger partial charge is 0.212 e. The van der Waals surface area contributed by atoms with Gasteiger partial charge in [0.15, 0.2) is 8.32 Å². The highest BCUT2D eigenvalue weighted by Gasteiger charge is 2.32. The van der Waals surface area contributed by atoms with Gasteiger partial charge in [0.25, 0.3) is 0 Å². The fraction of sp³-hybridized carbons (Fsp3) is 1.00. The topological polar surface area (TPSA) is 9.23 Å². The van der Waals surface area contributed by atoms with Crippen LogP contribution in [0.4, 0.5) is 0 Å². The Hall–Kier alpha value is 1.05. The van der Waals surface area contributed by atoms with E-state index >= 15 is 0 Å². The molecular weight excluding hydrogens is 247 g/mol. The first-order valence-corrected chi connectivity index (χ1v) is 8.26. The molecule has 13 heavy (non-hydrogen) atoms. The average Bonchev–Trinajstić information content (AvgIpc) is 2.06. The van der Waals surface area contributed by atoms with E-state index in [1.54, 1.807) is 0 Å². The van der Waals surface area contributed by atoms with Crippen LogP contribution in [0.25, 0.3) is 0 Å². The summed E-state index contributed by atoms with van der Waals surface area (Å²) in [6.45, 7) is 6.67. The van der Waals surface area contributed by atoms with Crippen molar-refractivity contribution in [1.82, 2.24) is 0 Å². The van der Waals surface area contributed by atoms with E-state index in [1.807, 2.05) is 0 Å². The number of hydrogen-bond donors (Lipinski definition) is 0. The van der Waals surface area contributed by atoms with Crippen molar-refractivity contribution >= 4 is 43.1 Å². The monoisotopic (exact) mass is 262 g/mol. The highest BCUT2D eigenvalue weighted by atomic mass is 35.6. The van der Waals surface area contributed by atoms with Gasteiger partial charge < -0.3 is 4.43 Å². The summed E-state index contributed by atoms with van der Waals surface area (Å²) in [4.78, 5) is 0. The molecule has 0 aliphatic heterocycles. The van der Waals surface area contributed by atoms with E-state index in [0.717, 1.165) is 18.1 Å². The third-order valence-corrected chi connectivity index (χ3v) is 7.43. The van der Waals surface area contributed by atoms with Crippen LogP contribution in [0.15, 0.2) is 0 Å². The van der Waals surface area contributed by atoms with Gasteiger partial charge in [-0.2, -0.15) is 0 Å². The molecule has 0 fully saturated rings. The van der Waals surface area contributed by atoms with E-state index < -0.39 is 12.1 Å². The lowest BCUT2D eigenvalue weighted by atomic mass is 10.8. The second kappa shape index (κ2) is 5.81. The summed E-state index contributed by atoms with van der Waals surface area (Å²) >= 11 is 16.9. The Balaban J connectivity index is 4.11. The first kappa shape index (κ1) is 14.0. The minimum absolute atomic E-state index is 0.222. The summed E-state index contributed by atoms with van der Waals surface area (Å²) in [5.41, 5.74) is 0. The maximum absolute atomic E-state index is 5.78. The van der Waals surface area contributed by atoms with E-state index in [0.29, 0.717) is 0 Å². The Kier molecular flexibility index (Phi) is 6.28. The van der Waals surface area contributed by atoms with Crippen LogP contribution in [-0.4, -0.2) is 18.7 Å². The van der Waals surface area contributed by atoms with Gasteiger partial charge in [-0.25, -0.2) is 0 Å². The van der Waals surface area contributed by atoms with Crippen molar-refractivity contribution in [3.8, 4) is 0 Å². The van der Waals surface area contributed by atoms with Gasteiger partial charge in [0.05, 0.1) is 6.61 Å². The molecule has 0 heterocycles. The molecule has 5 heteroatoms. The van der Waals surface area contributed by atoms with Crippen molar-refractivity contribution in [3.63, 3.8) is 0 Å². The van der Waals surface area contributed by atoms with Crippen molar-refractivity contribution in [2.75, 3.05) is 6.61 Å². The second-order valence-electron chi connectivity index (χ2n) is 3.15. The summed E-state index contributed by atoms with van der Waals surface area (Å²) < 4.78 is 4.52. The molecule has 0 aromatic carbocycles. The molecule has 0 bridgehead atoms. The standard InChI is InChI=1S/C8H17Cl3OSi/c1-4-13(5-2,6-3)12-7-8(9,10)11/h4-7H2,1-3H3. The van der Waals surface area contributed by atoms with Crippen LogP contribution in [-0.2, 0) is 4.43 Å². The van der Waals surface area contributed by atoms with Gasteiger partial charge in [0, 0.05) is 0 Å². The molecular formula is C8H17Cl3OSi. The van der Waals surface area contributed by atoms with Crippen LogP contribution < -0.4 is 0 Å². The molecule has 0 radical (unpaired) electrons. The van der Waals surface area contributed by atoms with Crippen molar-refractivity contribution in [2.24, 2.45) is 0 Å². The molecule has 0 saturated carbocycles. The lowest BCUT2D eigenvalue weighted by molar-refractivity contribution is 0.307. The molecule has 0 unspecified atom stereocenters. The number of hydrogen-bond acceptors (Lipinski definition) is 1. The largest absolute Gasteiger partial charge is 0.412 e. The Morgan fingerprint density at radius 1 is 1.00 bits per heavy atom. The Morgan fingerprint density at radius 3 is 1.62 bits per heavy atom. The van der Waals surface area contributed by atoms with Crippen molar-refractivity contribution in [3.05, 3.63) is 0 Å². The summed E-state index contributed by atoms with van der Waals surface area (Å²) in [6, 6.07) is 3.25. The highest BCUT2D eigenvalue weighted by molar-refractivity contribution is 6.74. The lowest BCUT2D eigenvalue weighted by Gasteiger charge is -2.29. The van der Waals surface area contributed by atoms with Crippen LogP contribution >= 0.6 is 34.8 Å². The van der Waals surface area contributed by atoms with Crippen LogP contribution in [0, 0.1) is 0 Å². The number of alkyl halides is 3. The van der Waals surface area contributed by atoms with Gasteiger partial charge in [-0.05, 0) is 18.1 Å². The van der Waals surface area contributed by atoms with Crippen LogP contribution in [0.2, 0.25) is 18.1 Å². The zero-order valence-electron chi connectivity index (χ0n) is 8.37. The SMILES string of the molecule is CC[Si](CC)(CC)OCC(Cl)(Cl)Cl. The van der Waals surface area contributed by atoms with Crippen molar-refractivity contribution in [2.45, 2.75) is 42.7 Å². The third-order valence-electron chi connectivity index (χ3n) is 2.48. The molecule has 0 aromatic rings. The van der Waals surface area contributed by atoms with E-state index in [-0.39, 0.29) is 6.61 Å². The summed E-state index contributed by atoms with van der Waals surface area (Å²) in [7, 11) is -1.58. The summed E-state index contributed by atoms with van der Waals surface area (Å²) in [6.07, 6.45) is 0. The van der Waals surface area contributed by atoms with Gasteiger partial charge in [0.2, 0.25) is 3.79 Å². The molecule has 1 nitrogen and oxygen atoms in total. The van der Waals surface area contributed by atoms with Gasteiger partial charge in [-0.15, -0.1) is 0 Å². The zero-order valence-corrected chi connectivity index (χ0v) is 11.6. The van der Waals surface area contributed by atoms with E-state index in [1.165, 1.54) is 0 Å². The minimum Gasteiger partial charge on any atom is -0.412 e. The lowest BCUT2D eigenvalue weighted by Crippen LogP contribution is -2.38. The zero-order chi connectivity index (χ0) is 10.5. The Morgan fingerprint density at radius 2 is 1.38 bits per heavy atom. The van der Waals surface area contributed by atoms with E-state index in [4.69, 9.17) is 39.2 Å². The maximum Gasteiger partial charge on any atom is 0.212 e. The van der Waals surface area contributed by atoms with Crippen LogP contribution in [0.1, 0.15) is 20.8 Å². The molecule has 0 saturated heterocycles. The molecule has 0 aliphatic rings. The quantitative estimate of drug-likeness (QED) is 0.528. The maximum atomic E-state index is 5.78. The van der Waals surface area contributed by atoms with Crippen LogP contribution in [0.5, 0.6) is 0 Å². The molecule has 0 N–H and O–H groups in total. The Bertz CT molecular complexity index is 135. The van der Waals surface area contributed by atoms with E-state index in [9.17, 15) is 0 Å². The summed E-state index contributed by atoms with van der Waals surface area (Å²) in [5, 5.41) is 0. The average molecular weight is 264 g/mol. The predicted octanol–water partition coefficient (Wildman–Crippen LogP) is 4.38. The number of halogens is 3. The predicted molar refractivity (Wildman–Crippen MR) is 63.4 cm³/mol. The normalized spacial score (nSPS) is 13.4. The second-order valence-corrected chi connectivity index (χ2v) is 10.4. The third kappa shape index (κ3) is 5.48. The summed E-state index contributed by atoms with van der Waals surface area (Å²) in [5.74, 6) is 0. The fourth-order valence-electron chi connectivity index (χ4n) is 1.29. The molecule has 0 aliphatic carbocycles. The van der Waals surface area contributed by atoms with Crippen molar-refractivity contribution < 1.29 is 4.43 Å². The Labute approximate surface area is 96.8 Å². The number of rotatable bonds is 5. The van der Waals surface area contributed by atoms with Gasteiger partial charge >= 0.3 is 0 Å². The highest BCUT2D eigenvalue weighted by Crippen LogP contribution is 2.30. The van der Waals surface area contributed by atoms with Gasteiger partial charge in [-0.3, -0.25) is 0 Å². The first-order valence-electron chi connectivity index (χ1n) is 4.60. The molecule has 0 spiro atoms. The van der Waals surface area contributed by atoms with Crippen LogP contribution in [0.3, 0.4) is 0 Å². The molecule has 0 atom stereocenters. The molecule has 0 amide bonds. The van der Waals surface area contributed by atoms with Gasteiger partial charge in [0.1, 0.15) is 0 Å². The van der Waals surface area contributed by atoms with E-state index in [2.05, 4.69) is 20.8 Å². The van der Waals surface area contributed by atoms with Gasteiger partial charge in [-0.1, -0.05) is 55.6 Å². The molecule has 80 valence electrons. The molecule has 0 rings (SSSR count). The minimum atomic E-state index is -1.58. The fourth-order valence-corrected chi connectivity index (χ4v) is 4.36.